The fraction of sp³-hybridized carbons (Fsp3) is 0.360. The molecule has 2 aromatic carbocycles. The zero-order chi connectivity index (χ0) is 23.6. The lowest BCUT2D eigenvalue weighted by Crippen LogP contribution is -2.24. The molecule has 1 N–H and O–H groups in total. The number of benzene rings is 2. The summed E-state index contributed by atoms with van der Waals surface area (Å²) in [5, 5.41) is 10.6. The van der Waals surface area contributed by atoms with Crippen molar-refractivity contribution in [2.45, 2.75) is 45.4 Å². The lowest BCUT2D eigenvalue weighted by atomic mass is 9.87. The van der Waals surface area contributed by atoms with Gasteiger partial charge in [-0.3, -0.25) is 14.9 Å². The van der Waals surface area contributed by atoms with Crippen LogP contribution in [0.15, 0.2) is 52.9 Å². The SMILES string of the molecule is CCOc1ccc(N2CC(c3nnc(NC(=O)c4ccc(C(C)(C)C)cc4)o3)CC2=O)cc1. The average Bonchev–Trinajstić information content (AvgIpc) is 3.40. The van der Waals surface area contributed by atoms with Gasteiger partial charge in [0.15, 0.2) is 0 Å². The van der Waals surface area contributed by atoms with Crippen LogP contribution in [-0.4, -0.2) is 35.2 Å². The number of carbonyl (C=O) groups is 2. The first-order valence-electron chi connectivity index (χ1n) is 11.0. The van der Waals surface area contributed by atoms with Gasteiger partial charge in [-0.15, -0.1) is 5.10 Å². The zero-order valence-electron chi connectivity index (χ0n) is 19.3. The molecule has 2 amide bonds. The number of nitrogens with zero attached hydrogens (tertiary/aromatic N) is 3. The summed E-state index contributed by atoms with van der Waals surface area (Å²) in [7, 11) is 0. The number of hydrogen-bond acceptors (Lipinski definition) is 6. The smallest absolute Gasteiger partial charge is 0.322 e. The molecule has 0 bridgehead atoms. The van der Waals surface area contributed by atoms with E-state index in [2.05, 4.69) is 36.3 Å². The van der Waals surface area contributed by atoms with E-state index in [0.29, 0.717) is 24.6 Å². The van der Waals surface area contributed by atoms with Gasteiger partial charge in [0.2, 0.25) is 11.8 Å². The highest BCUT2D eigenvalue weighted by molar-refractivity contribution is 6.03. The molecule has 0 saturated carbocycles. The minimum Gasteiger partial charge on any atom is -0.494 e. The first-order chi connectivity index (χ1) is 15.7. The molecule has 1 fully saturated rings. The Hall–Kier alpha value is -3.68. The van der Waals surface area contributed by atoms with E-state index >= 15 is 0 Å². The molecule has 33 heavy (non-hydrogen) atoms. The molecular weight excluding hydrogens is 420 g/mol. The van der Waals surface area contributed by atoms with Crippen LogP contribution in [0.3, 0.4) is 0 Å². The monoisotopic (exact) mass is 448 g/mol. The van der Waals surface area contributed by atoms with Crippen LogP contribution >= 0.6 is 0 Å². The number of nitrogens with one attached hydrogen (secondary N) is 1. The molecule has 8 nitrogen and oxygen atoms in total. The normalized spacial score (nSPS) is 16.2. The number of aromatic nitrogens is 2. The molecule has 0 spiro atoms. The summed E-state index contributed by atoms with van der Waals surface area (Å²) in [4.78, 5) is 26.8. The van der Waals surface area contributed by atoms with Crippen molar-refractivity contribution >= 4 is 23.5 Å². The molecule has 1 aromatic heterocycles. The second-order valence-corrected chi connectivity index (χ2v) is 9.06. The summed E-state index contributed by atoms with van der Waals surface area (Å²) < 4.78 is 11.1. The summed E-state index contributed by atoms with van der Waals surface area (Å²) in [6.45, 7) is 9.29. The summed E-state index contributed by atoms with van der Waals surface area (Å²) in [6.07, 6.45) is 0.261. The number of rotatable bonds is 6. The summed E-state index contributed by atoms with van der Waals surface area (Å²) in [5.41, 5.74) is 2.44. The third kappa shape index (κ3) is 5.05. The van der Waals surface area contributed by atoms with Crippen LogP contribution in [0, 0.1) is 0 Å². The van der Waals surface area contributed by atoms with Crippen LogP contribution in [0.5, 0.6) is 5.75 Å². The van der Waals surface area contributed by atoms with E-state index in [9.17, 15) is 9.59 Å². The first-order valence-corrected chi connectivity index (χ1v) is 11.0. The van der Waals surface area contributed by atoms with Crippen molar-refractivity contribution in [3.05, 3.63) is 65.5 Å². The number of hydrogen-bond donors (Lipinski definition) is 1. The van der Waals surface area contributed by atoms with Gasteiger partial charge in [-0.1, -0.05) is 38.0 Å². The molecule has 8 heteroatoms. The molecule has 0 aliphatic carbocycles. The summed E-state index contributed by atoms with van der Waals surface area (Å²) in [5.74, 6) is 0.495. The predicted molar refractivity (Wildman–Crippen MR) is 125 cm³/mol. The Balaban J connectivity index is 1.40. The number of anilines is 2. The van der Waals surface area contributed by atoms with Crippen LogP contribution in [0.4, 0.5) is 11.7 Å². The molecule has 1 atom stereocenters. The van der Waals surface area contributed by atoms with Crippen molar-refractivity contribution in [1.82, 2.24) is 10.2 Å². The number of ether oxygens (including phenoxy) is 1. The van der Waals surface area contributed by atoms with E-state index in [0.717, 1.165) is 17.0 Å². The van der Waals surface area contributed by atoms with Gasteiger partial charge < -0.3 is 14.1 Å². The molecule has 1 unspecified atom stereocenters. The molecule has 1 aliphatic rings. The third-order valence-corrected chi connectivity index (χ3v) is 5.61. The predicted octanol–water partition coefficient (Wildman–Crippen LogP) is 4.54. The molecule has 3 aromatic rings. The van der Waals surface area contributed by atoms with Crippen LogP contribution in [0.1, 0.15) is 61.8 Å². The Morgan fingerprint density at radius 2 is 1.82 bits per heavy atom. The van der Waals surface area contributed by atoms with E-state index in [1.165, 1.54) is 0 Å². The van der Waals surface area contributed by atoms with Crippen molar-refractivity contribution in [3.63, 3.8) is 0 Å². The average molecular weight is 449 g/mol. The van der Waals surface area contributed by atoms with Gasteiger partial charge in [-0.2, -0.15) is 0 Å². The summed E-state index contributed by atoms with van der Waals surface area (Å²) in [6, 6.07) is 14.8. The fourth-order valence-corrected chi connectivity index (χ4v) is 3.75. The van der Waals surface area contributed by atoms with Gasteiger partial charge in [0.1, 0.15) is 5.75 Å². The second kappa shape index (κ2) is 9.05. The standard InChI is InChI=1S/C25H28N4O4/c1-5-32-20-12-10-19(11-13-20)29-15-17(14-21(29)30)23-27-28-24(33-23)26-22(31)16-6-8-18(9-7-16)25(2,3)4/h6-13,17H,5,14-15H2,1-4H3,(H,26,28,31). The zero-order valence-corrected chi connectivity index (χ0v) is 19.3. The van der Waals surface area contributed by atoms with Crippen LogP contribution in [0.25, 0.3) is 0 Å². The highest BCUT2D eigenvalue weighted by Crippen LogP contribution is 2.32. The van der Waals surface area contributed by atoms with Crippen molar-refractivity contribution in [2.75, 3.05) is 23.4 Å². The Morgan fingerprint density at radius 3 is 2.45 bits per heavy atom. The van der Waals surface area contributed by atoms with Gasteiger partial charge in [-0.05, 0) is 54.3 Å². The maximum atomic E-state index is 12.6. The van der Waals surface area contributed by atoms with E-state index in [1.54, 1.807) is 17.0 Å². The molecule has 0 radical (unpaired) electrons. The number of carbonyl (C=O) groups excluding carboxylic acids is 2. The van der Waals surface area contributed by atoms with E-state index < -0.39 is 0 Å². The van der Waals surface area contributed by atoms with Gasteiger partial charge in [0, 0.05) is 24.2 Å². The Kier molecular flexibility index (Phi) is 6.18. The van der Waals surface area contributed by atoms with Crippen LogP contribution < -0.4 is 15.0 Å². The first kappa shape index (κ1) is 22.5. The summed E-state index contributed by atoms with van der Waals surface area (Å²) >= 11 is 0. The van der Waals surface area contributed by atoms with Crippen LogP contribution in [0.2, 0.25) is 0 Å². The third-order valence-electron chi connectivity index (χ3n) is 5.61. The highest BCUT2D eigenvalue weighted by atomic mass is 16.5. The van der Waals surface area contributed by atoms with Crippen LogP contribution in [-0.2, 0) is 10.2 Å². The van der Waals surface area contributed by atoms with Crippen molar-refractivity contribution in [3.8, 4) is 5.75 Å². The lowest BCUT2D eigenvalue weighted by molar-refractivity contribution is -0.117. The molecule has 2 heterocycles. The maximum Gasteiger partial charge on any atom is 0.322 e. The molecule has 4 rings (SSSR count). The van der Waals surface area contributed by atoms with Gasteiger partial charge in [0.25, 0.3) is 5.91 Å². The Bertz CT molecular complexity index is 1130. The number of amides is 2. The van der Waals surface area contributed by atoms with Crippen molar-refractivity contribution in [1.29, 1.82) is 0 Å². The molecule has 172 valence electrons. The Morgan fingerprint density at radius 1 is 1.12 bits per heavy atom. The maximum absolute atomic E-state index is 12.6. The minimum absolute atomic E-state index is 0.00825. The van der Waals surface area contributed by atoms with Gasteiger partial charge >= 0.3 is 6.01 Å². The van der Waals surface area contributed by atoms with E-state index in [4.69, 9.17) is 9.15 Å². The molecular formula is C25H28N4O4. The Labute approximate surface area is 193 Å². The minimum atomic E-state index is -0.329. The van der Waals surface area contributed by atoms with Gasteiger partial charge in [0.05, 0.1) is 12.5 Å². The van der Waals surface area contributed by atoms with Crippen molar-refractivity contribution in [2.24, 2.45) is 0 Å². The quantitative estimate of drug-likeness (QED) is 0.595. The van der Waals surface area contributed by atoms with E-state index in [1.807, 2.05) is 43.3 Å². The van der Waals surface area contributed by atoms with Crippen molar-refractivity contribution < 1.29 is 18.7 Å². The second-order valence-electron chi connectivity index (χ2n) is 9.06. The lowest BCUT2D eigenvalue weighted by Gasteiger charge is -2.18. The molecule has 1 aliphatic heterocycles. The fourth-order valence-electron chi connectivity index (χ4n) is 3.75. The van der Waals surface area contributed by atoms with E-state index in [-0.39, 0.29) is 35.6 Å². The van der Waals surface area contributed by atoms with Gasteiger partial charge in [-0.25, -0.2) is 0 Å². The molecule has 1 saturated heterocycles. The largest absolute Gasteiger partial charge is 0.494 e. The topological polar surface area (TPSA) is 97.6 Å². The highest BCUT2D eigenvalue weighted by Gasteiger charge is 2.35.